The number of hydrogen-bond donors (Lipinski definition) is 1. The highest BCUT2D eigenvalue weighted by Crippen LogP contribution is 2.38. The SMILES string of the molecule is COc1ccc(C2CC(NC(C)c3ccccn3)C2)cc1. The maximum absolute atomic E-state index is 5.20. The second-order valence-electron chi connectivity index (χ2n) is 5.78. The molecular weight excluding hydrogens is 260 g/mol. The summed E-state index contributed by atoms with van der Waals surface area (Å²) in [7, 11) is 1.71. The van der Waals surface area contributed by atoms with E-state index in [1.165, 1.54) is 18.4 Å². The van der Waals surface area contributed by atoms with E-state index in [1.807, 2.05) is 30.5 Å². The molecule has 0 saturated heterocycles. The largest absolute Gasteiger partial charge is 0.497 e. The Morgan fingerprint density at radius 1 is 1.14 bits per heavy atom. The summed E-state index contributed by atoms with van der Waals surface area (Å²) in [6.07, 6.45) is 4.25. The van der Waals surface area contributed by atoms with Gasteiger partial charge in [0.1, 0.15) is 5.75 Å². The highest BCUT2D eigenvalue weighted by Gasteiger charge is 2.31. The number of nitrogens with zero attached hydrogens (tertiary/aromatic N) is 1. The zero-order valence-corrected chi connectivity index (χ0v) is 12.6. The van der Waals surface area contributed by atoms with Crippen LogP contribution in [0.5, 0.6) is 5.75 Å². The van der Waals surface area contributed by atoms with Gasteiger partial charge in [-0.15, -0.1) is 0 Å². The molecule has 2 aromatic rings. The zero-order chi connectivity index (χ0) is 14.7. The minimum absolute atomic E-state index is 0.313. The first kappa shape index (κ1) is 14.1. The Morgan fingerprint density at radius 2 is 1.90 bits per heavy atom. The van der Waals surface area contributed by atoms with Crippen molar-refractivity contribution in [2.24, 2.45) is 0 Å². The first-order valence-electron chi connectivity index (χ1n) is 7.57. The van der Waals surface area contributed by atoms with Crippen molar-refractivity contribution in [2.45, 2.75) is 37.8 Å². The van der Waals surface area contributed by atoms with Gasteiger partial charge in [-0.25, -0.2) is 0 Å². The summed E-state index contributed by atoms with van der Waals surface area (Å²) in [6, 6.07) is 15.4. The van der Waals surface area contributed by atoms with Gasteiger partial charge in [0, 0.05) is 18.3 Å². The normalized spacial score (nSPS) is 22.4. The molecule has 1 heterocycles. The molecule has 21 heavy (non-hydrogen) atoms. The first-order valence-corrected chi connectivity index (χ1v) is 7.57. The standard InChI is InChI=1S/C18H22N2O/c1-13(18-5-3-4-10-19-18)20-16-11-15(12-16)14-6-8-17(21-2)9-7-14/h3-10,13,15-16,20H,11-12H2,1-2H3. The van der Waals surface area contributed by atoms with E-state index in [4.69, 9.17) is 4.74 Å². The summed E-state index contributed by atoms with van der Waals surface area (Å²) < 4.78 is 5.20. The molecule has 1 aromatic carbocycles. The van der Waals surface area contributed by atoms with Gasteiger partial charge in [0.05, 0.1) is 12.8 Å². The minimum Gasteiger partial charge on any atom is -0.497 e. The number of aromatic nitrogens is 1. The average Bonchev–Trinajstić information content (AvgIpc) is 2.51. The number of pyridine rings is 1. The van der Waals surface area contributed by atoms with Gasteiger partial charge in [-0.1, -0.05) is 18.2 Å². The summed E-state index contributed by atoms with van der Waals surface area (Å²) in [6.45, 7) is 2.18. The molecule has 3 heteroatoms. The highest BCUT2D eigenvalue weighted by molar-refractivity contribution is 5.31. The molecule has 0 aliphatic heterocycles. The maximum Gasteiger partial charge on any atom is 0.118 e. The van der Waals surface area contributed by atoms with Crippen molar-refractivity contribution in [3.05, 3.63) is 59.9 Å². The molecule has 110 valence electrons. The van der Waals surface area contributed by atoms with Crippen LogP contribution in [0.15, 0.2) is 48.7 Å². The number of hydrogen-bond acceptors (Lipinski definition) is 3. The second kappa shape index (κ2) is 6.27. The van der Waals surface area contributed by atoms with Crippen molar-refractivity contribution >= 4 is 0 Å². The molecule has 1 fully saturated rings. The lowest BCUT2D eigenvalue weighted by Crippen LogP contribution is -2.41. The monoisotopic (exact) mass is 282 g/mol. The van der Waals surface area contributed by atoms with Crippen molar-refractivity contribution in [2.75, 3.05) is 7.11 Å². The minimum atomic E-state index is 0.313. The molecule has 1 aromatic heterocycles. The van der Waals surface area contributed by atoms with Crippen LogP contribution in [0.4, 0.5) is 0 Å². The van der Waals surface area contributed by atoms with Gasteiger partial charge in [-0.3, -0.25) is 4.98 Å². The van der Waals surface area contributed by atoms with E-state index >= 15 is 0 Å². The molecule has 1 saturated carbocycles. The third kappa shape index (κ3) is 3.24. The van der Waals surface area contributed by atoms with Crippen molar-refractivity contribution in [1.82, 2.24) is 10.3 Å². The lowest BCUT2D eigenvalue weighted by atomic mass is 9.75. The van der Waals surface area contributed by atoms with Gasteiger partial charge in [0.2, 0.25) is 0 Å². The molecule has 0 amide bonds. The molecular formula is C18H22N2O. The Hall–Kier alpha value is -1.87. The van der Waals surface area contributed by atoms with E-state index in [0.29, 0.717) is 18.0 Å². The molecule has 1 N–H and O–H groups in total. The van der Waals surface area contributed by atoms with Crippen LogP contribution in [0, 0.1) is 0 Å². The average molecular weight is 282 g/mol. The Morgan fingerprint density at radius 3 is 2.52 bits per heavy atom. The Balaban J connectivity index is 1.51. The van der Waals surface area contributed by atoms with Crippen LogP contribution in [0.2, 0.25) is 0 Å². The topological polar surface area (TPSA) is 34.1 Å². The van der Waals surface area contributed by atoms with Gasteiger partial charge in [0.15, 0.2) is 0 Å². The van der Waals surface area contributed by atoms with Crippen LogP contribution >= 0.6 is 0 Å². The zero-order valence-electron chi connectivity index (χ0n) is 12.6. The van der Waals surface area contributed by atoms with Crippen LogP contribution in [-0.4, -0.2) is 18.1 Å². The lowest BCUT2D eigenvalue weighted by Gasteiger charge is -2.38. The molecule has 0 spiro atoms. The fraction of sp³-hybridized carbons (Fsp3) is 0.389. The van der Waals surface area contributed by atoms with Crippen LogP contribution < -0.4 is 10.1 Å². The van der Waals surface area contributed by atoms with E-state index < -0.39 is 0 Å². The van der Waals surface area contributed by atoms with Crippen molar-refractivity contribution in [3.63, 3.8) is 0 Å². The van der Waals surface area contributed by atoms with Gasteiger partial charge in [-0.2, -0.15) is 0 Å². The fourth-order valence-corrected chi connectivity index (χ4v) is 2.97. The van der Waals surface area contributed by atoms with Gasteiger partial charge in [0.25, 0.3) is 0 Å². The first-order chi connectivity index (χ1) is 10.3. The Kier molecular flexibility index (Phi) is 4.20. The number of nitrogens with one attached hydrogen (secondary N) is 1. The van der Waals surface area contributed by atoms with Gasteiger partial charge >= 0.3 is 0 Å². The summed E-state index contributed by atoms with van der Waals surface area (Å²) in [5.41, 5.74) is 2.53. The molecule has 3 rings (SSSR count). The van der Waals surface area contributed by atoms with Crippen LogP contribution in [-0.2, 0) is 0 Å². The molecule has 0 bridgehead atoms. The van der Waals surface area contributed by atoms with Crippen LogP contribution in [0.3, 0.4) is 0 Å². The smallest absolute Gasteiger partial charge is 0.118 e. The van der Waals surface area contributed by atoms with Crippen molar-refractivity contribution in [1.29, 1.82) is 0 Å². The highest BCUT2D eigenvalue weighted by atomic mass is 16.5. The van der Waals surface area contributed by atoms with Gasteiger partial charge < -0.3 is 10.1 Å². The number of ether oxygens (including phenoxy) is 1. The second-order valence-corrected chi connectivity index (χ2v) is 5.78. The van der Waals surface area contributed by atoms with E-state index in [-0.39, 0.29) is 0 Å². The Bertz CT molecular complexity index is 562. The van der Waals surface area contributed by atoms with Crippen LogP contribution in [0.25, 0.3) is 0 Å². The molecule has 1 atom stereocenters. The number of benzene rings is 1. The van der Waals surface area contributed by atoms with E-state index in [9.17, 15) is 0 Å². The number of rotatable bonds is 5. The third-order valence-corrected chi connectivity index (χ3v) is 4.34. The molecule has 1 aliphatic rings. The molecule has 3 nitrogen and oxygen atoms in total. The van der Waals surface area contributed by atoms with E-state index in [1.54, 1.807) is 7.11 Å². The maximum atomic E-state index is 5.20. The third-order valence-electron chi connectivity index (χ3n) is 4.34. The predicted octanol–water partition coefficient (Wildman–Crippen LogP) is 3.69. The predicted molar refractivity (Wildman–Crippen MR) is 84.5 cm³/mol. The Labute approximate surface area is 126 Å². The molecule has 0 radical (unpaired) electrons. The number of methoxy groups -OCH3 is 1. The van der Waals surface area contributed by atoms with Crippen LogP contribution in [0.1, 0.15) is 43.0 Å². The lowest BCUT2D eigenvalue weighted by molar-refractivity contribution is 0.269. The summed E-state index contributed by atoms with van der Waals surface area (Å²) in [4.78, 5) is 4.41. The quantitative estimate of drug-likeness (QED) is 0.908. The van der Waals surface area contributed by atoms with Gasteiger partial charge in [-0.05, 0) is 55.5 Å². The van der Waals surface area contributed by atoms with Crippen molar-refractivity contribution < 1.29 is 4.74 Å². The summed E-state index contributed by atoms with van der Waals surface area (Å²) >= 11 is 0. The summed E-state index contributed by atoms with van der Waals surface area (Å²) in [5.74, 6) is 1.60. The van der Waals surface area contributed by atoms with E-state index in [0.717, 1.165) is 11.4 Å². The fourth-order valence-electron chi connectivity index (χ4n) is 2.97. The summed E-state index contributed by atoms with van der Waals surface area (Å²) in [5, 5.41) is 3.67. The van der Waals surface area contributed by atoms with E-state index in [2.05, 4.69) is 35.4 Å². The molecule has 1 aliphatic carbocycles. The molecule has 1 unspecified atom stereocenters. The van der Waals surface area contributed by atoms with Crippen molar-refractivity contribution in [3.8, 4) is 5.75 Å².